The number of hydrogen-bond acceptors (Lipinski definition) is 6. The van der Waals surface area contributed by atoms with Crippen LogP contribution in [0.25, 0.3) is 11.4 Å². The van der Waals surface area contributed by atoms with Gasteiger partial charge >= 0.3 is 0 Å². The minimum absolute atomic E-state index is 0.149. The predicted molar refractivity (Wildman–Crippen MR) is 125 cm³/mol. The van der Waals surface area contributed by atoms with Gasteiger partial charge in [0.25, 0.3) is 0 Å². The van der Waals surface area contributed by atoms with Crippen LogP contribution < -0.4 is 5.32 Å². The van der Waals surface area contributed by atoms with Crippen molar-refractivity contribution in [2.45, 2.75) is 43.4 Å². The molecule has 2 aromatic carbocycles. The first kappa shape index (κ1) is 23.4. The second-order valence-corrected chi connectivity index (χ2v) is 10.3. The fourth-order valence-electron chi connectivity index (χ4n) is 3.66. The molecule has 8 nitrogen and oxygen atoms in total. The van der Waals surface area contributed by atoms with Crippen LogP contribution in [0.3, 0.4) is 0 Å². The maximum absolute atomic E-state index is 12.9. The zero-order valence-electron chi connectivity index (χ0n) is 18.0. The third kappa shape index (κ3) is 5.98. The molecule has 1 saturated heterocycles. The summed E-state index contributed by atoms with van der Waals surface area (Å²) in [5, 5.41) is 7.32. The van der Waals surface area contributed by atoms with E-state index < -0.39 is 10.0 Å². The van der Waals surface area contributed by atoms with Gasteiger partial charge < -0.3 is 9.84 Å². The molecule has 2 heterocycles. The smallest absolute Gasteiger partial charge is 0.243 e. The number of halogens is 1. The Labute approximate surface area is 198 Å². The van der Waals surface area contributed by atoms with Crippen LogP contribution in [-0.2, 0) is 21.2 Å². The van der Waals surface area contributed by atoms with E-state index in [1.54, 1.807) is 40.7 Å². The van der Waals surface area contributed by atoms with Crippen molar-refractivity contribution < 1.29 is 17.7 Å². The molecule has 0 aliphatic carbocycles. The SMILES string of the molecule is O=C(CCc1nc(-c2ccc(Cl)cc2)no1)Nc1ccc(S(=O)(=O)N2CCCCCC2)cc1. The molecule has 0 spiro atoms. The lowest BCUT2D eigenvalue weighted by Gasteiger charge is -2.20. The Bertz CT molecular complexity index is 1190. The second kappa shape index (κ2) is 10.5. The summed E-state index contributed by atoms with van der Waals surface area (Å²) in [4.78, 5) is 16.9. The highest BCUT2D eigenvalue weighted by molar-refractivity contribution is 7.89. The molecule has 0 unspecified atom stereocenters. The molecule has 1 aliphatic heterocycles. The highest BCUT2D eigenvalue weighted by Crippen LogP contribution is 2.22. The van der Waals surface area contributed by atoms with Gasteiger partial charge in [0.1, 0.15) is 0 Å². The fourth-order valence-corrected chi connectivity index (χ4v) is 5.30. The molecule has 0 saturated carbocycles. The molecule has 1 aliphatic rings. The molecular weight excluding hydrogens is 464 g/mol. The summed E-state index contributed by atoms with van der Waals surface area (Å²) in [7, 11) is -3.51. The van der Waals surface area contributed by atoms with Crippen molar-refractivity contribution in [3.05, 3.63) is 59.4 Å². The summed E-state index contributed by atoms with van der Waals surface area (Å²) in [5.41, 5.74) is 1.30. The van der Waals surface area contributed by atoms with Crippen LogP contribution in [0.4, 0.5) is 5.69 Å². The van der Waals surface area contributed by atoms with E-state index in [0.29, 0.717) is 35.5 Å². The predicted octanol–water partition coefficient (Wildman–Crippen LogP) is 4.53. The van der Waals surface area contributed by atoms with E-state index in [4.69, 9.17) is 16.1 Å². The van der Waals surface area contributed by atoms with Crippen molar-refractivity contribution in [1.82, 2.24) is 14.4 Å². The average Bonchev–Trinajstić information content (AvgIpc) is 3.10. The Balaban J connectivity index is 1.31. The number of amides is 1. The van der Waals surface area contributed by atoms with Gasteiger partial charge in [-0.15, -0.1) is 0 Å². The largest absolute Gasteiger partial charge is 0.339 e. The standard InChI is InChI=1S/C23H25ClN4O4S/c24-18-7-5-17(6-8-18)23-26-22(32-27-23)14-13-21(29)25-19-9-11-20(12-10-19)33(30,31)28-15-3-1-2-4-16-28/h5-12H,1-4,13-16H2,(H,25,29). The zero-order valence-corrected chi connectivity index (χ0v) is 19.6. The van der Waals surface area contributed by atoms with Gasteiger partial charge in [-0.25, -0.2) is 8.42 Å². The highest BCUT2D eigenvalue weighted by atomic mass is 35.5. The first-order valence-electron chi connectivity index (χ1n) is 10.9. The molecule has 1 fully saturated rings. The number of carbonyl (C=O) groups excluding carboxylic acids is 1. The second-order valence-electron chi connectivity index (χ2n) is 7.91. The van der Waals surface area contributed by atoms with Crippen LogP contribution in [0.1, 0.15) is 38.0 Å². The fraction of sp³-hybridized carbons (Fsp3) is 0.348. The van der Waals surface area contributed by atoms with E-state index in [2.05, 4.69) is 15.5 Å². The van der Waals surface area contributed by atoms with Gasteiger partial charge in [-0.3, -0.25) is 4.79 Å². The third-order valence-corrected chi connectivity index (χ3v) is 7.64. The van der Waals surface area contributed by atoms with Crippen LogP contribution in [0.5, 0.6) is 0 Å². The molecule has 4 rings (SSSR count). The van der Waals surface area contributed by atoms with Gasteiger partial charge in [0, 0.05) is 42.2 Å². The molecule has 0 bridgehead atoms. The number of sulfonamides is 1. The Morgan fingerprint density at radius 3 is 2.33 bits per heavy atom. The average molecular weight is 489 g/mol. The number of aryl methyl sites for hydroxylation is 1. The number of nitrogens with zero attached hydrogens (tertiary/aromatic N) is 3. The maximum Gasteiger partial charge on any atom is 0.243 e. The van der Waals surface area contributed by atoms with Gasteiger partial charge in [0.15, 0.2) is 0 Å². The quantitative estimate of drug-likeness (QED) is 0.524. The minimum atomic E-state index is -3.51. The molecule has 1 amide bonds. The van der Waals surface area contributed by atoms with E-state index in [9.17, 15) is 13.2 Å². The van der Waals surface area contributed by atoms with Gasteiger partial charge in [0.05, 0.1) is 4.90 Å². The van der Waals surface area contributed by atoms with Crippen molar-refractivity contribution in [3.8, 4) is 11.4 Å². The molecule has 174 valence electrons. The van der Waals surface area contributed by atoms with Gasteiger partial charge in [-0.2, -0.15) is 9.29 Å². The number of rotatable bonds is 7. The van der Waals surface area contributed by atoms with E-state index in [-0.39, 0.29) is 23.6 Å². The van der Waals surface area contributed by atoms with Gasteiger partial charge in [-0.05, 0) is 61.4 Å². The van der Waals surface area contributed by atoms with Crippen LogP contribution >= 0.6 is 11.6 Å². The van der Waals surface area contributed by atoms with Crippen molar-refractivity contribution in [1.29, 1.82) is 0 Å². The molecule has 3 aromatic rings. The summed E-state index contributed by atoms with van der Waals surface area (Å²) in [6, 6.07) is 13.3. The molecular formula is C23H25ClN4O4S. The van der Waals surface area contributed by atoms with Gasteiger partial charge in [0.2, 0.25) is 27.6 Å². The van der Waals surface area contributed by atoms with Crippen LogP contribution in [0.2, 0.25) is 5.02 Å². The van der Waals surface area contributed by atoms with Crippen LogP contribution in [0.15, 0.2) is 57.9 Å². The Morgan fingerprint density at radius 1 is 1.00 bits per heavy atom. The van der Waals surface area contributed by atoms with E-state index >= 15 is 0 Å². The molecule has 1 N–H and O–H groups in total. The third-order valence-electron chi connectivity index (χ3n) is 5.48. The van der Waals surface area contributed by atoms with Crippen LogP contribution in [0, 0.1) is 0 Å². The van der Waals surface area contributed by atoms with Crippen molar-refractivity contribution in [2.24, 2.45) is 0 Å². The first-order valence-corrected chi connectivity index (χ1v) is 12.7. The lowest BCUT2D eigenvalue weighted by molar-refractivity contribution is -0.116. The molecule has 0 atom stereocenters. The maximum atomic E-state index is 12.9. The number of hydrogen-bond donors (Lipinski definition) is 1. The summed E-state index contributed by atoms with van der Waals surface area (Å²) in [6.45, 7) is 1.10. The monoisotopic (exact) mass is 488 g/mol. The van der Waals surface area contributed by atoms with E-state index in [1.807, 2.05) is 0 Å². The Morgan fingerprint density at radius 2 is 1.67 bits per heavy atom. The normalized spacial score (nSPS) is 15.2. The molecule has 1 aromatic heterocycles. The van der Waals surface area contributed by atoms with Crippen molar-refractivity contribution in [3.63, 3.8) is 0 Å². The van der Waals surface area contributed by atoms with Crippen molar-refractivity contribution >= 4 is 33.2 Å². The van der Waals surface area contributed by atoms with Crippen molar-refractivity contribution in [2.75, 3.05) is 18.4 Å². The zero-order chi connectivity index (χ0) is 23.3. The molecule has 0 radical (unpaired) electrons. The van der Waals surface area contributed by atoms with E-state index in [1.165, 1.54) is 12.1 Å². The van der Waals surface area contributed by atoms with E-state index in [0.717, 1.165) is 31.2 Å². The number of carbonyl (C=O) groups is 1. The first-order chi connectivity index (χ1) is 15.9. The number of benzene rings is 2. The summed E-state index contributed by atoms with van der Waals surface area (Å²) >= 11 is 5.89. The minimum Gasteiger partial charge on any atom is -0.339 e. The topological polar surface area (TPSA) is 105 Å². The number of aromatic nitrogens is 2. The van der Waals surface area contributed by atoms with Crippen LogP contribution in [-0.4, -0.2) is 41.9 Å². The summed E-state index contributed by atoms with van der Waals surface area (Å²) < 4.78 is 32.5. The number of anilines is 1. The number of nitrogens with one attached hydrogen (secondary N) is 1. The lowest BCUT2D eigenvalue weighted by Crippen LogP contribution is -2.31. The Kier molecular flexibility index (Phi) is 7.42. The van der Waals surface area contributed by atoms with Gasteiger partial charge in [-0.1, -0.05) is 29.6 Å². The molecule has 33 heavy (non-hydrogen) atoms. The highest BCUT2D eigenvalue weighted by Gasteiger charge is 2.25. The summed E-state index contributed by atoms with van der Waals surface area (Å²) in [5.74, 6) is 0.557. The molecule has 10 heteroatoms. The lowest BCUT2D eigenvalue weighted by atomic mass is 10.2. The summed E-state index contributed by atoms with van der Waals surface area (Å²) in [6.07, 6.45) is 4.32. The Hall–Kier alpha value is -2.75.